The summed E-state index contributed by atoms with van der Waals surface area (Å²) in [6.45, 7) is 20.9. The number of rotatable bonds is 27. The Balaban J connectivity index is -0.000000243. The number of hydrogen-bond donors (Lipinski definition) is 0. The molecule has 0 aliphatic rings. The Morgan fingerprint density at radius 2 is 0.366 bits per heavy atom. The van der Waals surface area contributed by atoms with Crippen molar-refractivity contribution in [3.05, 3.63) is 0 Å². The van der Waals surface area contributed by atoms with Gasteiger partial charge in [0.25, 0.3) is 0 Å². The van der Waals surface area contributed by atoms with Crippen molar-refractivity contribution in [2.45, 2.75) is 178 Å². The maximum atomic E-state index is 4.57. The van der Waals surface area contributed by atoms with Crippen molar-refractivity contribution in [3.8, 4) is 0 Å². The molecule has 0 rings (SSSR count). The third-order valence-corrected chi connectivity index (χ3v) is 17.5. The Morgan fingerprint density at radius 3 is 0.439 bits per heavy atom. The first-order valence-corrected chi connectivity index (χ1v) is 27.3. The van der Waals surface area contributed by atoms with E-state index in [1.165, 1.54) is 116 Å². The molecule has 0 aliphatic heterocycles. The van der Waals surface area contributed by atoms with E-state index in [0.717, 1.165) is 0 Å². The summed E-state index contributed by atoms with van der Waals surface area (Å²) in [5, 5.41) is 0. The Hall–Kier alpha value is 2.20. The van der Waals surface area contributed by atoms with Crippen molar-refractivity contribution < 1.29 is 17.3 Å². The van der Waals surface area contributed by atoms with Crippen molar-refractivity contribution >= 4 is 33.5 Å². The molecule has 0 fully saturated rings. The van der Waals surface area contributed by atoms with Gasteiger partial charge in [0, 0.05) is 23.8 Å². The van der Waals surface area contributed by atoms with Gasteiger partial charge in [-0.1, -0.05) is 120 Å². The van der Waals surface area contributed by atoms with Gasteiger partial charge in [-0.15, -0.1) is 0 Å². The van der Waals surface area contributed by atoms with Gasteiger partial charge in [0.15, 0.2) is 0 Å². The van der Waals surface area contributed by atoms with E-state index in [9.17, 15) is 0 Å². The van der Waals surface area contributed by atoms with Crippen LogP contribution in [-0.4, -0.2) is 55.5 Å². The van der Waals surface area contributed by atoms with E-state index < -0.39 is 0 Å². The van der Waals surface area contributed by atoms with Crippen molar-refractivity contribution in [1.29, 1.82) is 0 Å². The average molecular weight is 747 g/mol. The van der Waals surface area contributed by atoms with Gasteiger partial charge in [0.2, 0.25) is 0 Å². The molecule has 0 bridgehead atoms. The molecule has 0 spiro atoms. The van der Waals surface area contributed by atoms with Crippen LogP contribution in [0.2, 0.25) is 0 Å². The molecule has 0 saturated heterocycles. The molecule has 0 aromatic heterocycles. The standard InChI is InChI=1S/3C12H27P.ClH.Ru/c3*1-4-7-10-13(11-8-5-2)12-9-6-3;;/h3*4-12H2,1-3H3;1H;/q;;;;+1/p+2. The summed E-state index contributed by atoms with van der Waals surface area (Å²) in [5.41, 5.74) is 0. The predicted octanol–water partition coefficient (Wildman–Crippen LogP) is 14.5. The Labute approximate surface area is 282 Å². The molecule has 0 N–H and O–H groups in total. The van der Waals surface area contributed by atoms with Crippen LogP contribution in [0, 0.1) is 0 Å². The number of hydrogen-bond acceptors (Lipinski definition) is 0. The van der Waals surface area contributed by atoms with Gasteiger partial charge in [-0.3, -0.25) is 0 Å². The van der Waals surface area contributed by atoms with Crippen LogP contribution in [0.5, 0.6) is 0 Å². The minimum absolute atomic E-state index is 0.0675. The summed E-state index contributed by atoms with van der Waals surface area (Å²) >= 11 is 1.82. The summed E-state index contributed by atoms with van der Waals surface area (Å²) < 4.78 is 0. The molecule has 0 atom stereocenters. The second kappa shape index (κ2) is 49.1. The average Bonchev–Trinajstić information content (AvgIpc) is 3.01. The molecular formula is C36H84ClP3Ru+3. The van der Waals surface area contributed by atoms with E-state index in [0.29, 0.717) is 0 Å². The molecule has 0 aromatic rings. The molecule has 0 aromatic carbocycles. The first-order valence-electron chi connectivity index (χ1n) is 18.7. The first-order chi connectivity index (χ1) is 20.0. The molecule has 0 heterocycles. The second-order valence-electron chi connectivity index (χ2n) is 12.2. The van der Waals surface area contributed by atoms with Gasteiger partial charge in [-0.05, 0) is 57.8 Å². The fourth-order valence-corrected chi connectivity index (χ4v) is 14.9. The number of unbranched alkanes of at least 4 members (excludes halogenated alkanes) is 9. The minimum atomic E-state index is 0.0675. The van der Waals surface area contributed by atoms with Crippen molar-refractivity contribution in [2.75, 3.05) is 55.5 Å². The van der Waals surface area contributed by atoms with E-state index in [4.69, 9.17) is 0 Å². The van der Waals surface area contributed by atoms with Gasteiger partial charge < -0.3 is 0 Å². The van der Waals surface area contributed by atoms with Crippen molar-refractivity contribution in [1.82, 2.24) is 0 Å². The third kappa shape index (κ3) is 46.7. The van der Waals surface area contributed by atoms with Gasteiger partial charge in [-0.2, -0.15) is 0 Å². The molecule has 0 radical (unpaired) electrons. The van der Waals surface area contributed by atoms with Crippen LogP contribution in [0.25, 0.3) is 0 Å². The van der Waals surface area contributed by atoms with Crippen LogP contribution in [0.15, 0.2) is 0 Å². The Bertz CT molecular complexity index is 287. The molecule has 0 aliphatic carbocycles. The summed E-state index contributed by atoms with van der Waals surface area (Å²) in [7, 11) is 4.77. The molecule has 255 valence electrons. The van der Waals surface area contributed by atoms with Crippen LogP contribution in [0.3, 0.4) is 0 Å². The van der Waals surface area contributed by atoms with Crippen molar-refractivity contribution in [3.63, 3.8) is 0 Å². The summed E-state index contributed by atoms with van der Waals surface area (Å²) in [5.74, 6) is 0. The third-order valence-electron chi connectivity index (χ3n) is 7.95. The van der Waals surface area contributed by atoms with Crippen LogP contribution >= 0.6 is 33.5 Å². The summed E-state index contributed by atoms with van der Waals surface area (Å²) in [6, 6.07) is 0. The first kappa shape index (κ1) is 50.1. The van der Waals surface area contributed by atoms with Gasteiger partial charge in [0.05, 0.1) is 55.5 Å². The maximum absolute atomic E-state index is 4.57. The topological polar surface area (TPSA) is 0 Å². The van der Waals surface area contributed by atoms with Crippen molar-refractivity contribution in [2.24, 2.45) is 0 Å². The molecule has 41 heavy (non-hydrogen) atoms. The second-order valence-corrected chi connectivity index (χ2v) is 21.2. The summed E-state index contributed by atoms with van der Waals surface area (Å²) in [6.07, 6.45) is 40.2. The van der Waals surface area contributed by atoms with E-state index in [1.807, 2.05) is 17.3 Å². The molecule has 0 unspecified atom stereocenters. The number of halogens is 1. The zero-order valence-electron chi connectivity index (χ0n) is 30.3. The molecule has 0 saturated carbocycles. The van der Waals surface area contributed by atoms with E-state index in [2.05, 4.69) is 72.0 Å². The molecule has 0 nitrogen and oxygen atoms in total. The SMILES string of the molecule is CCCC[PH+](CCCC)CCCC.CCCC[PH+](CCCC)CCCC.CCCC[PH+](CCCC)CCCC.[Cl][Ru]. The molecule has 0 amide bonds. The van der Waals surface area contributed by atoms with Gasteiger partial charge in [-0.25, -0.2) is 0 Å². The Morgan fingerprint density at radius 1 is 0.268 bits per heavy atom. The predicted molar refractivity (Wildman–Crippen MR) is 209 cm³/mol. The molecular weight excluding hydrogens is 662 g/mol. The van der Waals surface area contributed by atoms with Crippen LogP contribution < -0.4 is 0 Å². The monoisotopic (exact) mass is 746 g/mol. The van der Waals surface area contributed by atoms with Crippen LogP contribution in [0.1, 0.15) is 178 Å². The van der Waals surface area contributed by atoms with E-state index in [-0.39, 0.29) is 23.8 Å². The van der Waals surface area contributed by atoms with Gasteiger partial charge in [0.1, 0.15) is 0 Å². The normalized spacial score (nSPS) is 10.7. The fourth-order valence-electron chi connectivity index (χ4n) is 4.97. The quantitative estimate of drug-likeness (QED) is 0.0580. The summed E-state index contributed by atoms with van der Waals surface area (Å²) in [4.78, 5) is 0. The van der Waals surface area contributed by atoms with E-state index in [1.54, 1.807) is 55.5 Å². The van der Waals surface area contributed by atoms with E-state index >= 15 is 0 Å². The zero-order valence-corrected chi connectivity index (χ0v) is 35.8. The Kier molecular flexibility index (Phi) is 60.0. The zero-order chi connectivity index (χ0) is 31.8. The molecule has 5 heteroatoms. The fraction of sp³-hybridized carbons (Fsp3) is 1.00. The van der Waals surface area contributed by atoms with Gasteiger partial charge >= 0.3 is 27.0 Å². The van der Waals surface area contributed by atoms with Crippen LogP contribution in [-0.2, 0) is 17.3 Å². The van der Waals surface area contributed by atoms with Crippen LogP contribution in [0.4, 0.5) is 0 Å².